The van der Waals surface area contributed by atoms with Crippen LogP contribution in [0.25, 0.3) is 0 Å². The van der Waals surface area contributed by atoms with Gasteiger partial charge in [0.2, 0.25) is 5.95 Å². The van der Waals surface area contributed by atoms with Crippen molar-refractivity contribution in [3.05, 3.63) is 52.2 Å². The second-order valence-corrected chi connectivity index (χ2v) is 3.39. The number of aromatic nitrogens is 3. The van der Waals surface area contributed by atoms with Crippen LogP contribution in [0, 0.1) is 6.92 Å². The summed E-state index contributed by atoms with van der Waals surface area (Å²) in [6.45, 7) is 1.74. The van der Waals surface area contributed by atoms with Crippen LogP contribution in [0.1, 0.15) is 11.3 Å². The van der Waals surface area contributed by atoms with Gasteiger partial charge < -0.3 is 0 Å². The molecule has 17 heavy (non-hydrogen) atoms. The van der Waals surface area contributed by atoms with Crippen LogP contribution >= 0.6 is 0 Å². The van der Waals surface area contributed by atoms with Crippen molar-refractivity contribution in [1.82, 2.24) is 15.0 Å². The van der Waals surface area contributed by atoms with Gasteiger partial charge in [-0.25, -0.2) is 10.4 Å². The van der Waals surface area contributed by atoms with Crippen LogP contribution in [0.3, 0.4) is 0 Å². The van der Waals surface area contributed by atoms with Gasteiger partial charge in [0, 0.05) is 29.7 Å². The van der Waals surface area contributed by atoms with Crippen molar-refractivity contribution in [2.45, 2.75) is 6.92 Å². The highest BCUT2D eigenvalue weighted by molar-refractivity contribution is 5.79. The first-order valence-electron chi connectivity index (χ1n) is 5.01. The third-order valence-electron chi connectivity index (χ3n) is 1.94. The van der Waals surface area contributed by atoms with Crippen molar-refractivity contribution in [3.63, 3.8) is 0 Å². The van der Waals surface area contributed by atoms with E-state index in [0.717, 1.165) is 5.56 Å². The van der Waals surface area contributed by atoms with Crippen LogP contribution in [0.4, 0.5) is 5.95 Å². The third kappa shape index (κ3) is 3.23. The van der Waals surface area contributed by atoms with Crippen molar-refractivity contribution in [2.75, 3.05) is 5.43 Å². The van der Waals surface area contributed by atoms with Crippen molar-refractivity contribution < 1.29 is 0 Å². The lowest BCUT2D eigenvalue weighted by Gasteiger charge is -1.99. The van der Waals surface area contributed by atoms with Crippen LogP contribution in [0.15, 0.2) is 40.5 Å². The van der Waals surface area contributed by atoms with Gasteiger partial charge in [-0.3, -0.25) is 14.8 Å². The molecule has 2 N–H and O–H groups in total. The standard InChI is InChI=1S/C11H11N5O/c1-8-5-10(17)15-11(14-8)16-13-7-9-3-2-4-12-6-9/h2-7H,1H3,(H2,14,15,16,17)/b13-7-. The third-order valence-corrected chi connectivity index (χ3v) is 1.94. The van der Waals surface area contributed by atoms with Crippen LogP contribution in [0.2, 0.25) is 0 Å². The molecule has 6 nitrogen and oxygen atoms in total. The van der Waals surface area contributed by atoms with E-state index in [-0.39, 0.29) is 5.56 Å². The zero-order chi connectivity index (χ0) is 12.1. The van der Waals surface area contributed by atoms with Gasteiger partial charge in [-0.2, -0.15) is 5.10 Å². The second kappa shape index (κ2) is 5.02. The van der Waals surface area contributed by atoms with E-state index in [1.807, 2.05) is 12.1 Å². The van der Waals surface area contributed by atoms with Gasteiger partial charge in [0.15, 0.2) is 0 Å². The van der Waals surface area contributed by atoms with Gasteiger partial charge in [-0.05, 0) is 13.0 Å². The molecule has 0 spiro atoms. The predicted octanol–water partition coefficient (Wildman–Crippen LogP) is 0.919. The van der Waals surface area contributed by atoms with E-state index in [1.165, 1.54) is 6.07 Å². The van der Waals surface area contributed by atoms with E-state index in [9.17, 15) is 4.79 Å². The highest BCUT2D eigenvalue weighted by Gasteiger charge is 1.94. The minimum absolute atomic E-state index is 0.212. The summed E-state index contributed by atoms with van der Waals surface area (Å²) < 4.78 is 0. The maximum atomic E-state index is 11.1. The van der Waals surface area contributed by atoms with E-state index < -0.39 is 0 Å². The molecule has 0 saturated heterocycles. The van der Waals surface area contributed by atoms with Gasteiger partial charge in [0.25, 0.3) is 5.56 Å². The number of anilines is 1. The van der Waals surface area contributed by atoms with Crippen molar-refractivity contribution in [1.29, 1.82) is 0 Å². The topological polar surface area (TPSA) is 83.0 Å². The fraction of sp³-hybridized carbons (Fsp3) is 0.0909. The molecular formula is C11H11N5O. The Bertz CT molecular complexity index is 576. The van der Waals surface area contributed by atoms with E-state index in [1.54, 1.807) is 25.5 Å². The zero-order valence-electron chi connectivity index (χ0n) is 9.21. The Balaban J connectivity index is 2.07. The number of hydrogen-bond donors (Lipinski definition) is 2. The highest BCUT2D eigenvalue weighted by atomic mass is 16.1. The monoisotopic (exact) mass is 229 g/mol. The normalized spacial score (nSPS) is 10.6. The van der Waals surface area contributed by atoms with E-state index in [4.69, 9.17) is 0 Å². The molecule has 0 amide bonds. The number of nitrogens with zero attached hydrogens (tertiary/aromatic N) is 3. The summed E-state index contributed by atoms with van der Waals surface area (Å²) in [6, 6.07) is 5.09. The minimum atomic E-state index is -0.212. The van der Waals surface area contributed by atoms with Gasteiger partial charge in [0.05, 0.1) is 6.21 Å². The average molecular weight is 229 g/mol. The molecule has 86 valence electrons. The lowest BCUT2D eigenvalue weighted by atomic mass is 10.3. The van der Waals surface area contributed by atoms with Crippen LogP contribution < -0.4 is 11.0 Å². The number of nitrogens with one attached hydrogen (secondary N) is 2. The maximum absolute atomic E-state index is 11.1. The first-order valence-corrected chi connectivity index (χ1v) is 5.01. The summed E-state index contributed by atoms with van der Waals surface area (Å²) in [6.07, 6.45) is 4.96. The number of hydrazone groups is 1. The van der Waals surface area contributed by atoms with E-state index >= 15 is 0 Å². The molecule has 0 fully saturated rings. The van der Waals surface area contributed by atoms with Crippen LogP contribution in [-0.4, -0.2) is 21.2 Å². The van der Waals surface area contributed by atoms with Crippen molar-refractivity contribution in [2.24, 2.45) is 5.10 Å². The molecule has 2 aromatic rings. The van der Waals surface area contributed by atoms with Crippen LogP contribution in [-0.2, 0) is 0 Å². The van der Waals surface area contributed by atoms with Gasteiger partial charge in [-0.15, -0.1) is 0 Å². The number of pyridine rings is 1. The molecule has 0 radical (unpaired) electrons. The first-order chi connectivity index (χ1) is 8.24. The van der Waals surface area contributed by atoms with Crippen molar-refractivity contribution >= 4 is 12.2 Å². The van der Waals surface area contributed by atoms with Gasteiger partial charge in [0.1, 0.15) is 0 Å². The molecule has 0 aliphatic rings. The Hall–Kier alpha value is -2.50. The predicted molar refractivity (Wildman–Crippen MR) is 65.0 cm³/mol. The number of H-pyrrole nitrogens is 1. The number of aromatic amines is 1. The smallest absolute Gasteiger partial charge is 0.252 e. The Kier molecular flexibility index (Phi) is 3.25. The molecule has 2 rings (SSSR count). The molecule has 2 heterocycles. The van der Waals surface area contributed by atoms with E-state index in [2.05, 4.69) is 25.5 Å². The Morgan fingerprint density at radius 2 is 2.41 bits per heavy atom. The lowest BCUT2D eigenvalue weighted by molar-refractivity contribution is 1.04. The summed E-state index contributed by atoms with van der Waals surface area (Å²) >= 11 is 0. The summed E-state index contributed by atoms with van der Waals surface area (Å²) in [7, 11) is 0. The molecular weight excluding hydrogens is 218 g/mol. The lowest BCUT2D eigenvalue weighted by Crippen LogP contribution is -2.10. The summed E-state index contributed by atoms with van der Waals surface area (Å²) in [5.74, 6) is 0.315. The zero-order valence-corrected chi connectivity index (χ0v) is 9.21. The number of hydrogen-bond acceptors (Lipinski definition) is 5. The minimum Gasteiger partial charge on any atom is -0.291 e. The molecule has 0 atom stereocenters. The number of aryl methyl sites for hydroxylation is 1. The van der Waals surface area contributed by atoms with Crippen LogP contribution in [0.5, 0.6) is 0 Å². The maximum Gasteiger partial charge on any atom is 0.252 e. The van der Waals surface area contributed by atoms with Gasteiger partial charge >= 0.3 is 0 Å². The molecule has 2 aromatic heterocycles. The summed E-state index contributed by atoms with van der Waals surface area (Å²) in [4.78, 5) is 21.7. The Morgan fingerprint density at radius 1 is 1.53 bits per heavy atom. The summed E-state index contributed by atoms with van der Waals surface area (Å²) in [5.41, 5.74) is 3.93. The molecule has 0 saturated carbocycles. The van der Waals surface area contributed by atoms with Gasteiger partial charge in [-0.1, -0.05) is 6.07 Å². The first kappa shape index (κ1) is 11.0. The quantitative estimate of drug-likeness (QED) is 0.605. The molecule has 0 unspecified atom stereocenters. The Labute approximate surface area is 97.5 Å². The fourth-order valence-electron chi connectivity index (χ4n) is 1.25. The van der Waals surface area contributed by atoms with Crippen molar-refractivity contribution in [3.8, 4) is 0 Å². The highest BCUT2D eigenvalue weighted by Crippen LogP contribution is 1.96. The molecule has 0 aliphatic heterocycles. The summed E-state index contributed by atoms with van der Waals surface area (Å²) in [5, 5.41) is 3.95. The van der Waals surface area contributed by atoms with E-state index in [0.29, 0.717) is 11.6 Å². The average Bonchev–Trinajstić information content (AvgIpc) is 2.29. The molecule has 0 aromatic carbocycles. The largest absolute Gasteiger partial charge is 0.291 e. The number of rotatable bonds is 3. The molecule has 0 aliphatic carbocycles. The molecule has 0 bridgehead atoms. The second-order valence-electron chi connectivity index (χ2n) is 3.39. The SMILES string of the molecule is Cc1cc(=O)[nH]c(N/N=C\c2cccnc2)n1. The Morgan fingerprint density at radius 3 is 3.12 bits per heavy atom. The molecule has 6 heteroatoms. The fourth-order valence-corrected chi connectivity index (χ4v) is 1.25.